The summed E-state index contributed by atoms with van der Waals surface area (Å²) in [7, 11) is 0. The Morgan fingerprint density at radius 3 is 2.53 bits per heavy atom. The van der Waals surface area contributed by atoms with Crippen LogP contribution in [-0.4, -0.2) is 12.1 Å². The van der Waals surface area contributed by atoms with Gasteiger partial charge in [-0.15, -0.1) is 0 Å². The van der Waals surface area contributed by atoms with Gasteiger partial charge in [0, 0.05) is 6.42 Å². The highest BCUT2D eigenvalue weighted by Gasteiger charge is 2.50. The zero-order chi connectivity index (χ0) is 11.0. The molecule has 2 aliphatic carbocycles. The molecule has 2 heteroatoms. The predicted molar refractivity (Wildman–Crippen MR) is 59.3 cm³/mol. The second-order valence-corrected chi connectivity index (χ2v) is 5.39. The molecule has 2 bridgehead atoms. The summed E-state index contributed by atoms with van der Waals surface area (Å²) < 4.78 is 5.57. The minimum absolute atomic E-state index is 0.00917. The normalized spacial score (nSPS) is 43.3. The standard InChI is InChI=1S/C13H22O2/c1-4-5-13(14)15-12-7-10-6-11(12)9(3)8(10)2/h8-12H,4-7H2,1-3H3. The Labute approximate surface area is 92.4 Å². The molecule has 86 valence electrons. The van der Waals surface area contributed by atoms with Crippen molar-refractivity contribution in [2.24, 2.45) is 23.7 Å². The fourth-order valence-electron chi connectivity index (χ4n) is 3.44. The first kappa shape index (κ1) is 11.0. The molecule has 15 heavy (non-hydrogen) atoms. The van der Waals surface area contributed by atoms with Crippen molar-refractivity contribution in [2.75, 3.05) is 0 Å². The molecule has 0 aromatic carbocycles. The average Bonchev–Trinajstić information content (AvgIpc) is 2.69. The molecule has 0 aromatic heterocycles. The Kier molecular flexibility index (Phi) is 3.03. The van der Waals surface area contributed by atoms with Crippen LogP contribution in [0, 0.1) is 23.7 Å². The van der Waals surface area contributed by atoms with Gasteiger partial charge in [0.15, 0.2) is 0 Å². The lowest BCUT2D eigenvalue weighted by atomic mass is 9.80. The molecule has 0 N–H and O–H groups in total. The predicted octanol–water partition coefficient (Wildman–Crippen LogP) is 3.01. The van der Waals surface area contributed by atoms with E-state index in [1.807, 2.05) is 6.92 Å². The molecule has 0 saturated heterocycles. The van der Waals surface area contributed by atoms with Gasteiger partial charge in [-0.05, 0) is 42.9 Å². The van der Waals surface area contributed by atoms with Crippen LogP contribution in [0.5, 0.6) is 0 Å². The number of rotatable bonds is 3. The molecule has 2 aliphatic rings. The fourth-order valence-corrected chi connectivity index (χ4v) is 3.44. The molecule has 2 saturated carbocycles. The summed E-state index contributed by atoms with van der Waals surface area (Å²) in [4.78, 5) is 11.4. The van der Waals surface area contributed by atoms with Gasteiger partial charge in [-0.3, -0.25) is 4.79 Å². The Morgan fingerprint density at radius 2 is 2.00 bits per heavy atom. The summed E-state index contributed by atoms with van der Waals surface area (Å²) in [5, 5.41) is 0. The zero-order valence-corrected chi connectivity index (χ0v) is 10.0. The van der Waals surface area contributed by atoms with Gasteiger partial charge < -0.3 is 4.74 Å². The average molecular weight is 210 g/mol. The summed E-state index contributed by atoms with van der Waals surface area (Å²) >= 11 is 0. The first-order chi connectivity index (χ1) is 7.13. The van der Waals surface area contributed by atoms with Crippen molar-refractivity contribution in [1.29, 1.82) is 0 Å². The third-order valence-corrected chi connectivity index (χ3v) is 4.57. The summed E-state index contributed by atoms with van der Waals surface area (Å²) in [5.74, 6) is 3.03. The molecule has 2 rings (SSSR count). The van der Waals surface area contributed by atoms with Crippen molar-refractivity contribution < 1.29 is 9.53 Å². The summed E-state index contributed by atoms with van der Waals surface area (Å²) in [6.07, 6.45) is 4.11. The number of ether oxygens (including phenoxy) is 1. The lowest BCUT2D eigenvalue weighted by Crippen LogP contribution is -2.31. The molecule has 0 aliphatic heterocycles. The van der Waals surface area contributed by atoms with Gasteiger partial charge in [0.05, 0.1) is 0 Å². The van der Waals surface area contributed by atoms with E-state index in [1.165, 1.54) is 6.42 Å². The number of fused-ring (bicyclic) bond motifs is 2. The van der Waals surface area contributed by atoms with Crippen LogP contribution in [0.25, 0.3) is 0 Å². The van der Waals surface area contributed by atoms with Crippen molar-refractivity contribution in [3.8, 4) is 0 Å². The highest BCUT2D eigenvalue weighted by Crippen LogP contribution is 2.52. The quantitative estimate of drug-likeness (QED) is 0.669. The van der Waals surface area contributed by atoms with Crippen molar-refractivity contribution in [3.05, 3.63) is 0 Å². The van der Waals surface area contributed by atoms with Gasteiger partial charge in [-0.2, -0.15) is 0 Å². The fraction of sp³-hybridized carbons (Fsp3) is 0.923. The number of carbonyl (C=O) groups excluding carboxylic acids is 1. The Balaban J connectivity index is 1.89. The van der Waals surface area contributed by atoms with E-state index in [9.17, 15) is 4.79 Å². The van der Waals surface area contributed by atoms with E-state index in [2.05, 4.69) is 13.8 Å². The smallest absolute Gasteiger partial charge is 0.306 e. The largest absolute Gasteiger partial charge is 0.462 e. The van der Waals surface area contributed by atoms with Crippen molar-refractivity contribution in [2.45, 2.75) is 52.6 Å². The van der Waals surface area contributed by atoms with Crippen LogP contribution >= 0.6 is 0 Å². The van der Waals surface area contributed by atoms with Crippen molar-refractivity contribution >= 4 is 5.97 Å². The van der Waals surface area contributed by atoms with Gasteiger partial charge in [0.1, 0.15) is 6.10 Å². The molecule has 0 radical (unpaired) electrons. The lowest BCUT2D eigenvalue weighted by Gasteiger charge is -2.31. The van der Waals surface area contributed by atoms with Crippen LogP contribution in [-0.2, 0) is 9.53 Å². The van der Waals surface area contributed by atoms with Crippen molar-refractivity contribution in [1.82, 2.24) is 0 Å². The molecule has 0 spiro atoms. The summed E-state index contributed by atoms with van der Waals surface area (Å²) in [6.45, 7) is 6.68. The minimum atomic E-state index is 0.00917. The molecule has 2 fully saturated rings. The summed E-state index contributed by atoms with van der Waals surface area (Å²) in [5.41, 5.74) is 0. The molecule has 5 atom stereocenters. The van der Waals surface area contributed by atoms with Gasteiger partial charge in [-0.25, -0.2) is 0 Å². The Bertz CT molecular complexity index is 247. The Morgan fingerprint density at radius 1 is 1.27 bits per heavy atom. The van der Waals surface area contributed by atoms with Gasteiger partial charge in [0.2, 0.25) is 0 Å². The number of hydrogen-bond acceptors (Lipinski definition) is 2. The highest BCUT2D eigenvalue weighted by atomic mass is 16.5. The van der Waals surface area contributed by atoms with Crippen LogP contribution in [0.4, 0.5) is 0 Å². The maximum Gasteiger partial charge on any atom is 0.306 e. The molecular weight excluding hydrogens is 188 g/mol. The highest BCUT2D eigenvalue weighted by molar-refractivity contribution is 5.69. The van der Waals surface area contributed by atoms with Gasteiger partial charge >= 0.3 is 5.97 Å². The maximum atomic E-state index is 11.4. The van der Waals surface area contributed by atoms with E-state index >= 15 is 0 Å². The third-order valence-electron chi connectivity index (χ3n) is 4.57. The van der Waals surface area contributed by atoms with Crippen LogP contribution in [0.1, 0.15) is 46.5 Å². The molecule has 5 unspecified atom stereocenters. The Hall–Kier alpha value is -0.530. The first-order valence-electron chi connectivity index (χ1n) is 6.33. The van der Waals surface area contributed by atoms with E-state index < -0.39 is 0 Å². The number of carbonyl (C=O) groups is 1. The van der Waals surface area contributed by atoms with E-state index in [1.54, 1.807) is 0 Å². The second-order valence-electron chi connectivity index (χ2n) is 5.39. The van der Waals surface area contributed by atoms with Crippen LogP contribution in [0.3, 0.4) is 0 Å². The molecule has 0 aromatic rings. The number of hydrogen-bond donors (Lipinski definition) is 0. The first-order valence-corrected chi connectivity index (χ1v) is 6.33. The summed E-state index contributed by atoms with van der Waals surface area (Å²) in [6, 6.07) is 0. The van der Waals surface area contributed by atoms with E-state index in [0.717, 1.165) is 30.6 Å². The van der Waals surface area contributed by atoms with E-state index in [-0.39, 0.29) is 12.1 Å². The van der Waals surface area contributed by atoms with Crippen molar-refractivity contribution in [3.63, 3.8) is 0 Å². The molecule has 0 amide bonds. The van der Waals surface area contributed by atoms with Gasteiger partial charge in [-0.1, -0.05) is 20.8 Å². The lowest BCUT2D eigenvalue weighted by molar-refractivity contribution is -0.153. The third kappa shape index (κ3) is 1.91. The number of esters is 1. The zero-order valence-electron chi connectivity index (χ0n) is 10.0. The topological polar surface area (TPSA) is 26.3 Å². The SMILES string of the molecule is CCCC(=O)OC1CC2CC1C(C)C2C. The maximum absolute atomic E-state index is 11.4. The molecule has 0 heterocycles. The van der Waals surface area contributed by atoms with E-state index in [4.69, 9.17) is 4.74 Å². The van der Waals surface area contributed by atoms with Crippen LogP contribution in [0.15, 0.2) is 0 Å². The molecule has 2 nitrogen and oxygen atoms in total. The minimum Gasteiger partial charge on any atom is -0.462 e. The second kappa shape index (κ2) is 4.15. The van der Waals surface area contributed by atoms with Gasteiger partial charge in [0.25, 0.3) is 0 Å². The van der Waals surface area contributed by atoms with Crippen LogP contribution < -0.4 is 0 Å². The van der Waals surface area contributed by atoms with E-state index in [0.29, 0.717) is 12.3 Å². The molecular formula is C13H22O2. The monoisotopic (exact) mass is 210 g/mol. The van der Waals surface area contributed by atoms with Crippen LogP contribution in [0.2, 0.25) is 0 Å².